The van der Waals surface area contributed by atoms with Crippen LogP contribution in [0.15, 0.2) is 42.5 Å². The molecular formula is C21H27N6OS+. The van der Waals surface area contributed by atoms with Crippen molar-refractivity contribution in [2.75, 3.05) is 38.2 Å². The third kappa shape index (κ3) is 4.18. The molecule has 0 bridgehead atoms. The molecule has 0 spiro atoms. The Hall–Kier alpha value is -2.71. The largest absolute Gasteiger partial charge is 0.497 e. The Balaban J connectivity index is 1.40. The van der Waals surface area contributed by atoms with Crippen LogP contribution in [-0.4, -0.2) is 53.1 Å². The fraction of sp³-hybridized carbons (Fsp3) is 0.381. The zero-order chi connectivity index (χ0) is 20.4. The minimum Gasteiger partial charge on any atom is -0.497 e. The molecular weight excluding hydrogens is 384 g/mol. The number of ether oxygens (including phenoxy) is 1. The number of aromatic nitrogens is 4. The van der Waals surface area contributed by atoms with Gasteiger partial charge in [-0.2, -0.15) is 9.36 Å². The molecule has 152 valence electrons. The first kappa shape index (κ1) is 19.6. The number of benzene rings is 2. The summed E-state index contributed by atoms with van der Waals surface area (Å²) in [6.45, 7) is 9.00. The first-order chi connectivity index (χ1) is 14.0. The van der Waals surface area contributed by atoms with E-state index in [-0.39, 0.29) is 0 Å². The number of quaternary nitrogens is 1. The van der Waals surface area contributed by atoms with E-state index >= 15 is 0 Å². The summed E-state index contributed by atoms with van der Waals surface area (Å²) in [6.07, 6.45) is 0. The van der Waals surface area contributed by atoms with Crippen molar-refractivity contribution < 1.29 is 9.64 Å². The van der Waals surface area contributed by atoms with E-state index in [1.165, 1.54) is 21.7 Å². The van der Waals surface area contributed by atoms with Crippen LogP contribution in [0.4, 0.5) is 5.69 Å². The highest BCUT2D eigenvalue weighted by atomic mass is 32.1. The van der Waals surface area contributed by atoms with Crippen LogP contribution in [0.5, 0.6) is 5.75 Å². The molecule has 0 atom stereocenters. The van der Waals surface area contributed by atoms with E-state index in [1.807, 2.05) is 22.9 Å². The molecule has 7 nitrogen and oxygen atoms in total. The lowest BCUT2D eigenvalue weighted by molar-refractivity contribution is -0.924. The number of rotatable bonds is 5. The van der Waals surface area contributed by atoms with E-state index in [0.717, 1.165) is 44.3 Å². The number of hydrogen-bond acceptors (Lipinski definition) is 5. The molecule has 3 aromatic rings. The van der Waals surface area contributed by atoms with Gasteiger partial charge in [-0.15, -0.1) is 0 Å². The van der Waals surface area contributed by atoms with E-state index in [4.69, 9.17) is 17.0 Å². The zero-order valence-electron chi connectivity index (χ0n) is 17.1. The summed E-state index contributed by atoms with van der Waals surface area (Å²) in [5.41, 5.74) is 4.68. The molecule has 1 aliphatic rings. The number of aryl methyl sites for hydroxylation is 2. The highest BCUT2D eigenvalue weighted by molar-refractivity contribution is 7.71. The van der Waals surface area contributed by atoms with Gasteiger partial charge in [0, 0.05) is 5.69 Å². The zero-order valence-corrected chi connectivity index (χ0v) is 17.9. The van der Waals surface area contributed by atoms with Crippen molar-refractivity contribution in [3.8, 4) is 11.4 Å². The van der Waals surface area contributed by atoms with Gasteiger partial charge >= 0.3 is 0 Å². The summed E-state index contributed by atoms with van der Waals surface area (Å²) in [7, 11) is 1.69. The summed E-state index contributed by atoms with van der Waals surface area (Å²) in [6, 6.07) is 14.5. The summed E-state index contributed by atoms with van der Waals surface area (Å²) in [5.74, 6) is 0.888. The summed E-state index contributed by atoms with van der Waals surface area (Å²) < 4.78 is 9.47. The SMILES string of the molecule is COc1ccc(N2CC[NH+](Cn3nnn(-c4ccc(C)c(C)c4)c3=S)CC2)cc1. The Morgan fingerprint density at radius 1 is 0.966 bits per heavy atom. The predicted octanol–water partition coefficient (Wildman–Crippen LogP) is 1.79. The first-order valence-electron chi connectivity index (χ1n) is 9.88. The van der Waals surface area contributed by atoms with Gasteiger partial charge in [-0.1, -0.05) is 6.07 Å². The minimum atomic E-state index is 0.637. The van der Waals surface area contributed by atoms with Crippen LogP contribution in [0.3, 0.4) is 0 Å². The van der Waals surface area contributed by atoms with Crippen LogP contribution in [0, 0.1) is 18.6 Å². The van der Waals surface area contributed by atoms with Crippen LogP contribution >= 0.6 is 12.2 Å². The average molecular weight is 412 g/mol. The second-order valence-corrected chi connectivity index (χ2v) is 7.90. The number of nitrogens with zero attached hydrogens (tertiary/aromatic N) is 5. The molecule has 1 N–H and O–H groups in total. The van der Waals surface area contributed by atoms with E-state index in [9.17, 15) is 0 Å². The van der Waals surface area contributed by atoms with Gasteiger partial charge in [0.2, 0.25) is 4.77 Å². The molecule has 0 saturated carbocycles. The summed E-state index contributed by atoms with van der Waals surface area (Å²) in [5, 5.41) is 8.60. The molecule has 4 rings (SSSR count). The smallest absolute Gasteiger partial charge is 0.225 e. The Morgan fingerprint density at radius 2 is 1.66 bits per heavy atom. The van der Waals surface area contributed by atoms with Crippen molar-refractivity contribution in [3.05, 3.63) is 58.4 Å². The van der Waals surface area contributed by atoms with E-state index in [2.05, 4.69) is 53.4 Å². The second kappa shape index (κ2) is 8.34. The van der Waals surface area contributed by atoms with Crippen molar-refractivity contribution in [1.29, 1.82) is 0 Å². The molecule has 8 heteroatoms. The standard InChI is InChI=1S/C21H26N6OS/c1-16-4-5-19(14-17(16)2)27-21(29)26(22-23-27)15-24-10-12-25(13-11-24)18-6-8-20(28-3)9-7-18/h4-9,14H,10-13,15H2,1-3H3/p+1. The summed E-state index contributed by atoms with van der Waals surface area (Å²) in [4.78, 5) is 3.87. The van der Waals surface area contributed by atoms with Crippen molar-refractivity contribution in [1.82, 2.24) is 19.8 Å². The van der Waals surface area contributed by atoms with Gasteiger partial charge in [-0.25, -0.2) is 0 Å². The highest BCUT2D eigenvalue weighted by Crippen LogP contribution is 2.19. The molecule has 1 aromatic heterocycles. The number of piperazine rings is 1. The molecule has 1 fully saturated rings. The highest BCUT2D eigenvalue weighted by Gasteiger charge is 2.21. The molecule has 1 aliphatic heterocycles. The average Bonchev–Trinajstić information content (AvgIpc) is 3.11. The monoisotopic (exact) mass is 411 g/mol. The summed E-state index contributed by atoms with van der Waals surface area (Å²) >= 11 is 5.64. The van der Waals surface area contributed by atoms with Gasteiger partial charge in [0.05, 0.1) is 39.0 Å². The van der Waals surface area contributed by atoms with E-state index in [1.54, 1.807) is 11.8 Å². The Morgan fingerprint density at radius 3 is 2.31 bits per heavy atom. The second-order valence-electron chi connectivity index (χ2n) is 7.53. The maximum atomic E-state index is 5.64. The molecule has 2 heterocycles. The number of nitrogens with one attached hydrogen (secondary N) is 1. The van der Waals surface area contributed by atoms with Gasteiger partial charge < -0.3 is 14.5 Å². The third-order valence-corrected chi connectivity index (χ3v) is 6.04. The predicted molar refractivity (Wildman–Crippen MR) is 116 cm³/mol. The van der Waals surface area contributed by atoms with Gasteiger partial charge in [0.25, 0.3) is 0 Å². The maximum Gasteiger partial charge on any atom is 0.225 e. The first-order valence-corrected chi connectivity index (χ1v) is 10.3. The lowest BCUT2D eigenvalue weighted by Crippen LogP contribution is -3.14. The van der Waals surface area contributed by atoms with Crippen LogP contribution < -0.4 is 14.5 Å². The Kier molecular flexibility index (Phi) is 5.64. The molecule has 0 radical (unpaired) electrons. The minimum absolute atomic E-state index is 0.637. The van der Waals surface area contributed by atoms with Crippen molar-refractivity contribution >= 4 is 17.9 Å². The van der Waals surface area contributed by atoms with Gasteiger partial charge in [-0.3, -0.25) is 0 Å². The molecule has 0 unspecified atom stereocenters. The van der Waals surface area contributed by atoms with Crippen molar-refractivity contribution in [3.63, 3.8) is 0 Å². The van der Waals surface area contributed by atoms with Gasteiger partial charge in [0.15, 0.2) is 6.67 Å². The normalized spacial score (nSPS) is 14.9. The van der Waals surface area contributed by atoms with Gasteiger partial charge in [-0.05, 0) is 84.0 Å². The van der Waals surface area contributed by atoms with E-state index < -0.39 is 0 Å². The Bertz CT molecular complexity index is 1030. The van der Waals surface area contributed by atoms with Crippen LogP contribution in [0.2, 0.25) is 0 Å². The maximum absolute atomic E-state index is 5.64. The fourth-order valence-corrected chi connectivity index (χ4v) is 3.88. The van der Waals surface area contributed by atoms with Crippen LogP contribution in [0.1, 0.15) is 11.1 Å². The molecule has 0 amide bonds. The van der Waals surface area contributed by atoms with Crippen molar-refractivity contribution in [2.45, 2.75) is 20.5 Å². The van der Waals surface area contributed by atoms with E-state index in [0.29, 0.717) is 4.77 Å². The van der Waals surface area contributed by atoms with Crippen molar-refractivity contribution in [2.24, 2.45) is 0 Å². The lowest BCUT2D eigenvalue weighted by atomic mass is 10.1. The van der Waals surface area contributed by atoms with Crippen LogP contribution in [0.25, 0.3) is 5.69 Å². The Labute approximate surface area is 176 Å². The molecule has 1 saturated heterocycles. The fourth-order valence-electron chi connectivity index (χ4n) is 3.64. The molecule has 29 heavy (non-hydrogen) atoms. The molecule has 0 aliphatic carbocycles. The third-order valence-electron chi connectivity index (χ3n) is 5.66. The number of tetrazole rings is 1. The van der Waals surface area contributed by atoms with Gasteiger partial charge in [0.1, 0.15) is 5.75 Å². The number of methoxy groups -OCH3 is 1. The number of hydrogen-bond donors (Lipinski definition) is 1. The number of anilines is 1. The topological polar surface area (TPSA) is 52.6 Å². The van der Waals surface area contributed by atoms with Crippen LogP contribution in [-0.2, 0) is 6.67 Å². The lowest BCUT2D eigenvalue weighted by Gasteiger charge is -2.33. The molecule has 2 aromatic carbocycles. The quantitative estimate of drug-likeness (QED) is 0.649.